The van der Waals surface area contributed by atoms with E-state index in [0.717, 1.165) is 5.56 Å². The number of hydrogen-bond donors (Lipinski definition) is 1. The Morgan fingerprint density at radius 1 is 1.32 bits per heavy atom. The lowest BCUT2D eigenvalue weighted by atomic mass is 10.0. The van der Waals surface area contributed by atoms with Gasteiger partial charge in [0.15, 0.2) is 12.6 Å². The Morgan fingerprint density at radius 2 is 2.12 bits per heavy atom. The number of aromatic hydroxyl groups is 1. The van der Waals surface area contributed by atoms with Crippen LogP contribution in [0.4, 0.5) is 5.69 Å². The van der Waals surface area contributed by atoms with Gasteiger partial charge in [-0.05, 0) is 36.8 Å². The first-order valence-electron chi connectivity index (χ1n) is 7.49. The van der Waals surface area contributed by atoms with E-state index < -0.39 is 10.7 Å². The van der Waals surface area contributed by atoms with Gasteiger partial charge < -0.3 is 14.6 Å². The molecule has 0 aliphatic carbocycles. The number of nitro benzene ring substituents is 1. The van der Waals surface area contributed by atoms with Crippen LogP contribution in [-0.2, 0) is 11.3 Å². The summed E-state index contributed by atoms with van der Waals surface area (Å²) in [6, 6.07) is 7.47. The Labute approximate surface area is 143 Å². The zero-order chi connectivity index (χ0) is 18.0. The maximum Gasteiger partial charge on any atom is 0.270 e. The summed E-state index contributed by atoms with van der Waals surface area (Å²) in [6.45, 7) is 2.04. The molecule has 2 aromatic carbocycles. The van der Waals surface area contributed by atoms with Crippen LogP contribution in [-0.4, -0.2) is 22.6 Å². The van der Waals surface area contributed by atoms with Gasteiger partial charge in [-0.1, -0.05) is 6.07 Å². The molecule has 2 aromatic rings. The summed E-state index contributed by atoms with van der Waals surface area (Å²) in [5.74, 6) is -0.0702. The number of hydrogen-bond acceptors (Lipinski definition) is 6. The Morgan fingerprint density at radius 3 is 2.84 bits per heavy atom. The normalized spacial score (nSPS) is 13.3. The van der Waals surface area contributed by atoms with Crippen LogP contribution in [0.1, 0.15) is 27.0 Å². The molecule has 25 heavy (non-hydrogen) atoms. The highest BCUT2D eigenvalue weighted by Crippen LogP contribution is 2.33. The monoisotopic (exact) mass is 341 g/mol. The molecule has 7 heteroatoms. The molecule has 1 aliphatic rings. The van der Waals surface area contributed by atoms with Gasteiger partial charge in [0.1, 0.15) is 11.5 Å². The first kappa shape index (κ1) is 16.7. The highest BCUT2D eigenvalue weighted by molar-refractivity contribution is 6.08. The standard InChI is InChI=1S/C18H15NO6/c1-11-2-4-15(17(21)6-11)16(20)5-3-12-7-14(19(22)23)8-13-9-24-10-25-18(12)13/h2-8,21H,9-10H2,1H3. The van der Waals surface area contributed by atoms with E-state index in [4.69, 9.17) is 9.47 Å². The average Bonchev–Trinajstić information content (AvgIpc) is 2.59. The van der Waals surface area contributed by atoms with Crippen molar-refractivity contribution in [1.82, 2.24) is 0 Å². The number of fused-ring (bicyclic) bond motifs is 1. The average molecular weight is 341 g/mol. The van der Waals surface area contributed by atoms with Crippen molar-refractivity contribution in [3.8, 4) is 11.5 Å². The molecule has 1 aliphatic heterocycles. The maximum absolute atomic E-state index is 12.3. The Kier molecular flexibility index (Phi) is 4.49. The molecule has 0 bridgehead atoms. The number of nitrogens with zero attached hydrogens (tertiary/aromatic N) is 1. The minimum Gasteiger partial charge on any atom is -0.507 e. The first-order chi connectivity index (χ1) is 12.0. The minimum absolute atomic E-state index is 0.0400. The van der Waals surface area contributed by atoms with Gasteiger partial charge in [-0.15, -0.1) is 0 Å². The number of phenolic OH excluding ortho intramolecular Hbond substituents is 1. The van der Waals surface area contributed by atoms with Crippen molar-refractivity contribution >= 4 is 17.5 Å². The third kappa shape index (κ3) is 3.51. The van der Waals surface area contributed by atoms with Crippen molar-refractivity contribution in [2.45, 2.75) is 13.5 Å². The van der Waals surface area contributed by atoms with Crippen molar-refractivity contribution in [2.75, 3.05) is 6.79 Å². The lowest BCUT2D eigenvalue weighted by Gasteiger charge is -2.19. The molecule has 0 radical (unpaired) electrons. The highest BCUT2D eigenvalue weighted by atomic mass is 16.7. The van der Waals surface area contributed by atoms with Crippen LogP contribution in [0, 0.1) is 17.0 Å². The van der Waals surface area contributed by atoms with Crippen LogP contribution < -0.4 is 4.74 Å². The van der Waals surface area contributed by atoms with Crippen molar-refractivity contribution in [3.63, 3.8) is 0 Å². The third-order valence-electron chi connectivity index (χ3n) is 3.77. The van der Waals surface area contributed by atoms with Gasteiger partial charge in [0.25, 0.3) is 5.69 Å². The largest absolute Gasteiger partial charge is 0.507 e. The number of allylic oxidation sites excluding steroid dienone is 1. The number of nitro groups is 1. The molecule has 1 heterocycles. The van der Waals surface area contributed by atoms with Crippen LogP contribution in [0.15, 0.2) is 36.4 Å². The summed E-state index contributed by atoms with van der Waals surface area (Å²) < 4.78 is 10.5. The van der Waals surface area contributed by atoms with E-state index >= 15 is 0 Å². The molecule has 0 amide bonds. The number of phenols is 1. The summed E-state index contributed by atoms with van der Waals surface area (Å²) in [5.41, 5.74) is 1.83. The molecule has 0 atom stereocenters. The van der Waals surface area contributed by atoms with Gasteiger partial charge in [0, 0.05) is 23.3 Å². The van der Waals surface area contributed by atoms with E-state index in [0.29, 0.717) is 16.9 Å². The molecule has 0 saturated carbocycles. The third-order valence-corrected chi connectivity index (χ3v) is 3.77. The number of carbonyl (C=O) groups is 1. The molecule has 3 rings (SSSR count). The molecule has 0 fully saturated rings. The van der Waals surface area contributed by atoms with Crippen molar-refractivity contribution in [3.05, 3.63) is 68.8 Å². The minimum atomic E-state index is -0.514. The van der Waals surface area contributed by atoms with Gasteiger partial charge in [-0.3, -0.25) is 14.9 Å². The number of benzene rings is 2. The number of carbonyl (C=O) groups excluding carboxylic acids is 1. The predicted molar refractivity (Wildman–Crippen MR) is 89.6 cm³/mol. The SMILES string of the molecule is Cc1ccc(C(=O)C=Cc2cc([N+](=O)[O-])cc3c2OCOC3)c(O)c1. The lowest BCUT2D eigenvalue weighted by molar-refractivity contribution is -0.385. The van der Waals surface area contributed by atoms with Crippen LogP contribution in [0.5, 0.6) is 11.5 Å². The fourth-order valence-electron chi connectivity index (χ4n) is 2.57. The number of rotatable bonds is 4. The van der Waals surface area contributed by atoms with E-state index in [-0.39, 0.29) is 30.4 Å². The van der Waals surface area contributed by atoms with Crippen LogP contribution in [0.25, 0.3) is 6.08 Å². The quantitative estimate of drug-likeness (QED) is 0.396. The summed E-state index contributed by atoms with van der Waals surface area (Å²) in [4.78, 5) is 22.9. The number of aryl methyl sites for hydroxylation is 1. The highest BCUT2D eigenvalue weighted by Gasteiger charge is 2.20. The molecule has 128 valence electrons. The molecular formula is C18H15NO6. The maximum atomic E-state index is 12.3. The van der Waals surface area contributed by atoms with Gasteiger partial charge >= 0.3 is 0 Å². The lowest BCUT2D eigenvalue weighted by Crippen LogP contribution is -2.12. The van der Waals surface area contributed by atoms with E-state index in [2.05, 4.69) is 0 Å². The van der Waals surface area contributed by atoms with Gasteiger partial charge in [-0.25, -0.2) is 0 Å². The van der Waals surface area contributed by atoms with E-state index in [1.54, 1.807) is 13.0 Å². The Hall–Kier alpha value is -3.19. The van der Waals surface area contributed by atoms with Gasteiger partial charge in [-0.2, -0.15) is 0 Å². The van der Waals surface area contributed by atoms with E-state index in [1.807, 2.05) is 0 Å². The second-order valence-electron chi connectivity index (χ2n) is 5.61. The molecule has 0 saturated heterocycles. The fraction of sp³-hybridized carbons (Fsp3) is 0.167. The zero-order valence-corrected chi connectivity index (χ0v) is 13.4. The van der Waals surface area contributed by atoms with Crippen molar-refractivity contribution < 1.29 is 24.3 Å². The molecular weight excluding hydrogens is 326 g/mol. The number of non-ortho nitro benzene ring substituents is 1. The zero-order valence-electron chi connectivity index (χ0n) is 13.4. The molecule has 1 N–H and O–H groups in total. The Balaban J connectivity index is 1.96. The summed E-state index contributed by atoms with van der Waals surface area (Å²) in [6.07, 6.45) is 2.70. The van der Waals surface area contributed by atoms with Crippen LogP contribution in [0.2, 0.25) is 0 Å². The van der Waals surface area contributed by atoms with Gasteiger partial charge in [0.2, 0.25) is 0 Å². The van der Waals surface area contributed by atoms with E-state index in [1.165, 1.54) is 36.4 Å². The number of ether oxygens (including phenoxy) is 2. The molecule has 0 unspecified atom stereocenters. The molecule has 0 spiro atoms. The fourth-order valence-corrected chi connectivity index (χ4v) is 2.57. The Bertz CT molecular complexity index is 887. The van der Waals surface area contributed by atoms with Crippen molar-refractivity contribution in [1.29, 1.82) is 0 Å². The van der Waals surface area contributed by atoms with Gasteiger partial charge in [0.05, 0.1) is 17.1 Å². The smallest absolute Gasteiger partial charge is 0.270 e. The number of ketones is 1. The van der Waals surface area contributed by atoms with Crippen molar-refractivity contribution in [2.24, 2.45) is 0 Å². The van der Waals surface area contributed by atoms with Crippen LogP contribution >= 0.6 is 0 Å². The van der Waals surface area contributed by atoms with E-state index in [9.17, 15) is 20.0 Å². The summed E-state index contributed by atoms with van der Waals surface area (Å²) in [5, 5.41) is 21.0. The second-order valence-corrected chi connectivity index (χ2v) is 5.61. The summed E-state index contributed by atoms with van der Waals surface area (Å²) >= 11 is 0. The van der Waals surface area contributed by atoms with Crippen LogP contribution in [0.3, 0.4) is 0 Å². The second kappa shape index (κ2) is 6.74. The predicted octanol–water partition coefficient (Wildman–Crippen LogP) is 3.37. The summed E-state index contributed by atoms with van der Waals surface area (Å²) in [7, 11) is 0. The first-order valence-corrected chi connectivity index (χ1v) is 7.49. The molecule has 0 aromatic heterocycles. The molecule has 7 nitrogen and oxygen atoms in total. The topological polar surface area (TPSA) is 98.9 Å².